The lowest BCUT2D eigenvalue weighted by molar-refractivity contribution is -0.191. The summed E-state index contributed by atoms with van der Waals surface area (Å²) in [4.78, 5) is 51.0. The third-order valence-electron chi connectivity index (χ3n) is 5.27. The van der Waals surface area contributed by atoms with E-state index in [0.717, 1.165) is 0 Å². The number of hydrogen-bond donors (Lipinski definition) is 2. The van der Waals surface area contributed by atoms with Crippen LogP contribution in [0, 0.1) is 0 Å². The molecule has 1 aromatic rings. The molecule has 0 aromatic heterocycles. The number of fused-ring (bicyclic) bond motifs is 1. The summed E-state index contributed by atoms with van der Waals surface area (Å²) in [6.45, 7) is 6.73. The SMILES string of the molecule is CCC(=O)OC(C)OC(=O)[C@@H]1N2C(=O)[C@@H](NC(=O)C(N)c3ccccc3)[C@H]2SC1(C)C. The lowest BCUT2D eigenvalue weighted by atomic mass is 9.95. The fourth-order valence-electron chi connectivity index (χ4n) is 3.70. The highest BCUT2D eigenvalue weighted by Gasteiger charge is 2.64. The number of nitrogens with two attached hydrogens (primary N) is 1. The van der Waals surface area contributed by atoms with Crippen molar-refractivity contribution in [3.63, 3.8) is 0 Å². The highest BCUT2D eigenvalue weighted by Crippen LogP contribution is 2.51. The van der Waals surface area contributed by atoms with Crippen molar-refractivity contribution in [3.05, 3.63) is 35.9 Å². The number of nitrogens with zero attached hydrogens (tertiary/aromatic N) is 1. The lowest BCUT2D eigenvalue weighted by Gasteiger charge is -2.44. The Morgan fingerprint density at radius 3 is 2.48 bits per heavy atom. The van der Waals surface area contributed by atoms with Gasteiger partial charge in [0.05, 0.1) is 0 Å². The number of carbonyl (C=O) groups excluding carboxylic acids is 4. The van der Waals surface area contributed by atoms with E-state index in [2.05, 4.69) is 5.32 Å². The zero-order valence-electron chi connectivity index (χ0n) is 17.9. The molecule has 1 aromatic carbocycles. The molecule has 2 amide bonds. The molecule has 10 heteroatoms. The molecule has 9 nitrogen and oxygen atoms in total. The summed E-state index contributed by atoms with van der Waals surface area (Å²) in [5, 5.41) is 2.29. The summed E-state index contributed by atoms with van der Waals surface area (Å²) < 4.78 is 9.58. The molecule has 0 aliphatic carbocycles. The van der Waals surface area contributed by atoms with Crippen LogP contribution in [0.3, 0.4) is 0 Å². The van der Waals surface area contributed by atoms with Gasteiger partial charge in [-0.1, -0.05) is 37.3 Å². The Morgan fingerprint density at radius 1 is 1.23 bits per heavy atom. The number of ether oxygens (including phenoxy) is 2. The summed E-state index contributed by atoms with van der Waals surface area (Å²) in [6.07, 6.45) is -0.901. The van der Waals surface area contributed by atoms with Gasteiger partial charge in [0.15, 0.2) is 0 Å². The van der Waals surface area contributed by atoms with Gasteiger partial charge in [-0.15, -0.1) is 11.8 Å². The second-order valence-corrected chi connectivity index (χ2v) is 9.75. The Morgan fingerprint density at radius 2 is 1.87 bits per heavy atom. The molecule has 0 saturated carbocycles. The smallest absolute Gasteiger partial charge is 0.333 e. The van der Waals surface area contributed by atoms with Gasteiger partial charge in [-0.25, -0.2) is 4.79 Å². The lowest BCUT2D eigenvalue weighted by Crippen LogP contribution is -2.71. The quantitative estimate of drug-likeness (QED) is 0.359. The topological polar surface area (TPSA) is 128 Å². The molecule has 0 bridgehead atoms. The standard InChI is InChI=1S/C21H27N3O6S/c1-5-13(25)29-11(2)30-20(28)16-21(3,4)31-19-15(18(27)24(16)19)23-17(26)14(22)12-9-7-6-8-10-12/h6-11,14-16,19H,5,22H2,1-4H3,(H,23,26)/t11?,14?,15-,16+,19-/m1/s1. The molecule has 0 radical (unpaired) electrons. The Bertz CT molecular complexity index is 877. The van der Waals surface area contributed by atoms with Gasteiger partial charge in [0.2, 0.25) is 18.1 Å². The predicted octanol–water partition coefficient (Wildman–Crippen LogP) is 1.08. The second kappa shape index (κ2) is 8.88. The van der Waals surface area contributed by atoms with Gasteiger partial charge in [-0.2, -0.15) is 0 Å². The van der Waals surface area contributed by atoms with Gasteiger partial charge in [-0.3, -0.25) is 14.4 Å². The average Bonchev–Trinajstić information content (AvgIpc) is 2.99. The summed E-state index contributed by atoms with van der Waals surface area (Å²) in [7, 11) is 0. The molecule has 2 fully saturated rings. The van der Waals surface area contributed by atoms with Crippen LogP contribution in [0.4, 0.5) is 0 Å². The van der Waals surface area contributed by atoms with E-state index in [9.17, 15) is 19.2 Å². The summed E-state index contributed by atoms with van der Waals surface area (Å²) in [5.41, 5.74) is 6.66. The largest absolute Gasteiger partial charge is 0.425 e. The van der Waals surface area contributed by atoms with E-state index in [0.29, 0.717) is 5.56 Å². The average molecular weight is 450 g/mol. The Balaban J connectivity index is 1.65. The van der Waals surface area contributed by atoms with E-state index in [-0.39, 0.29) is 12.3 Å². The van der Waals surface area contributed by atoms with Crippen molar-refractivity contribution in [2.75, 3.05) is 0 Å². The molecule has 5 atom stereocenters. The van der Waals surface area contributed by atoms with E-state index in [1.165, 1.54) is 23.6 Å². The molecule has 2 aliphatic heterocycles. The maximum atomic E-state index is 12.8. The molecule has 168 valence electrons. The van der Waals surface area contributed by atoms with Gasteiger partial charge in [0.1, 0.15) is 23.5 Å². The fraction of sp³-hybridized carbons (Fsp3) is 0.524. The van der Waals surface area contributed by atoms with Crippen molar-refractivity contribution in [2.24, 2.45) is 5.73 Å². The van der Waals surface area contributed by atoms with Crippen LogP contribution in [0.2, 0.25) is 0 Å². The van der Waals surface area contributed by atoms with Crippen molar-refractivity contribution in [3.8, 4) is 0 Å². The summed E-state index contributed by atoms with van der Waals surface area (Å²) in [6, 6.07) is 6.32. The van der Waals surface area contributed by atoms with E-state index in [1.807, 2.05) is 19.9 Å². The van der Waals surface area contributed by atoms with Crippen molar-refractivity contribution in [1.82, 2.24) is 10.2 Å². The Hall–Kier alpha value is -2.59. The van der Waals surface area contributed by atoms with E-state index < -0.39 is 52.4 Å². The molecule has 2 saturated heterocycles. The maximum absolute atomic E-state index is 12.8. The van der Waals surface area contributed by atoms with Crippen LogP contribution in [-0.4, -0.2) is 57.1 Å². The molecular formula is C21H27N3O6S. The molecule has 2 aliphatic rings. The Labute approximate surface area is 185 Å². The van der Waals surface area contributed by atoms with Crippen LogP contribution < -0.4 is 11.1 Å². The number of thioether (sulfide) groups is 1. The first kappa shape index (κ1) is 23.1. The first-order chi connectivity index (χ1) is 14.6. The van der Waals surface area contributed by atoms with E-state index >= 15 is 0 Å². The minimum absolute atomic E-state index is 0.159. The molecule has 2 unspecified atom stereocenters. The van der Waals surface area contributed by atoms with Crippen LogP contribution in [-0.2, 0) is 28.7 Å². The number of β-lactam (4-membered cyclic amide) rings is 1. The predicted molar refractivity (Wildman–Crippen MR) is 113 cm³/mol. The van der Waals surface area contributed by atoms with Crippen molar-refractivity contribution in [1.29, 1.82) is 0 Å². The first-order valence-electron chi connectivity index (χ1n) is 10.1. The molecule has 3 rings (SSSR count). The van der Waals surface area contributed by atoms with Gasteiger partial charge in [0, 0.05) is 18.1 Å². The molecular weight excluding hydrogens is 422 g/mol. The normalized spacial score (nSPS) is 25.6. The van der Waals surface area contributed by atoms with Crippen LogP contribution in [0.15, 0.2) is 30.3 Å². The number of carbonyl (C=O) groups is 4. The van der Waals surface area contributed by atoms with Crippen molar-refractivity contribution >= 4 is 35.5 Å². The number of benzene rings is 1. The highest BCUT2D eigenvalue weighted by molar-refractivity contribution is 8.01. The van der Waals surface area contributed by atoms with Gasteiger partial charge >= 0.3 is 11.9 Å². The van der Waals surface area contributed by atoms with Crippen LogP contribution in [0.1, 0.15) is 45.7 Å². The zero-order valence-corrected chi connectivity index (χ0v) is 18.7. The number of hydrogen-bond acceptors (Lipinski definition) is 8. The third kappa shape index (κ3) is 4.54. The summed E-state index contributed by atoms with van der Waals surface area (Å²) >= 11 is 1.40. The van der Waals surface area contributed by atoms with Crippen LogP contribution in [0.25, 0.3) is 0 Å². The fourth-order valence-corrected chi connectivity index (χ4v) is 5.32. The van der Waals surface area contributed by atoms with Crippen molar-refractivity contribution in [2.45, 2.75) is 68.7 Å². The number of esters is 2. The van der Waals surface area contributed by atoms with Crippen molar-refractivity contribution < 1.29 is 28.7 Å². The first-order valence-corrected chi connectivity index (χ1v) is 11.0. The van der Waals surface area contributed by atoms with Gasteiger partial charge < -0.3 is 25.4 Å². The second-order valence-electron chi connectivity index (χ2n) is 7.98. The number of amides is 2. The van der Waals surface area contributed by atoms with E-state index in [1.54, 1.807) is 31.2 Å². The number of rotatable bonds is 7. The summed E-state index contributed by atoms with van der Waals surface area (Å²) in [5.74, 6) is -1.99. The third-order valence-corrected chi connectivity index (χ3v) is 6.84. The monoisotopic (exact) mass is 449 g/mol. The maximum Gasteiger partial charge on any atom is 0.333 e. The highest BCUT2D eigenvalue weighted by atomic mass is 32.2. The van der Waals surface area contributed by atoms with E-state index in [4.69, 9.17) is 15.2 Å². The van der Waals surface area contributed by atoms with Crippen LogP contribution >= 0.6 is 11.8 Å². The molecule has 0 spiro atoms. The van der Waals surface area contributed by atoms with Gasteiger partial charge in [-0.05, 0) is 19.4 Å². The number of nitrogens with one attached hydrogen (secondary N) is 1. The molecule has 31 heavy (non-hydrogen) atoms. The van der Waals surface area contributed by atoms with Crippen LogP contribution in [0.5, 0.6) is 0 Å². The molecule has 3 N–H and O–H groups in total. The minimum Gasteiger partial charge on any atom is -0.425 e. The minimum atomic E-state index is -1.06. The zero-order chi connectivity index (χ0) is 22.9. The molecule has 2 heterocycles. The van der Waals surface area contributed by atoms with Gasteiger partial charge in [0.25, 0.3) is 0 Å². The Kier molecular flexibility index (Phi) is 6.61.